The van der Waals surface area contributed by atoms with Crippen molar-refractivity contribution in [1.29, 1.82) is 0 Å². The Labute approximate surface area is 95.7 Å². The van der Waals surface area contributed by atoms with E-state index < -0.39 is 17.3 Å². The fourth-order valence-electron chi connectivity index (χ4n) is 1.24. The topological polar surface area (TPSA) is 58.2 Å². The summed E-state index contributed by atoms with van der Waals surface area (Å²) < 4.78 is 0. The molecule has 0 aliphatic rings. The molecule has 0 aliphatic carbocycles. The van der Waals surface area contributed by atoms with Gasteiger partial charge in [0, 0.05) is 6.04 Å². The summed E-state index contributed by atoms with van der Waals surface area (Å²) in [5.41, 5.74) is 0. The summed E-state index contributed by atoms with van der Waals surface area (Å²) >= 11 is 5.50. The molecule has 2 unspecified atom stereocenters. The minimum Gasteiger partial charge on any atom is -0.335 e. The lowest BCUT2D eigenvalue weighted by molar-refractivity contribution is -0.119. The van der Waals surface area contributed by atoms with Gasteiger partial charge in [-0.25, -0.2) is 4.79 Å². The minimum absolute atomic E-state index is 0.0448. The molecule has 4 nitrogen and oxygen atoms in total. The van der Waals surface area contributed by atoms with Crippen molar-refractivity contribution in [3.05, 3.63) is 0 Å². The molecule has 0 radical (unpaired) electrons. The van der Waals surface area contributed by atoms with Crippen LogP contribution in [0.15, 0.2) is 0 Å². The zero-order valence-corrected chi connectivity index (χ0v) is 10.4. The van der Waals surface area contributed by atoms with Gasteiger partial charge in [-0.3, -0.25) is 10.1 Å². The van der Waals surface area contributed by atoms with Gasteiger partial charge in [0.1, 0.15) is 5.38 Å². The molecule has 0 bridgehead atoms. The van der Waals surface area contributed by atoms with Crippen LogP contribution in [0.4, 0.5) is 4.79 Å². The fourth-order valence-corrected chi connectivity index (χ4v) is 1.29. The lowest BCUT2D eigenvalue weighted by Gasteiger charge is -2.16. The van der Waals surface area contributed by atoms with E-state index in [1.807, 2.05) is 6.92 Å². The third kappa shape index (κ3) is 7.19. The van der Waals surface area contributed by atoms with Crippen molar-refractivity contribution in [3.63, 3.8) is 0 Å². The summed E-state index contributed by atoms with van der Waals surface area (Å²) in [6.45, 7) is 7.56. The monoisotopic (exact) mass is 234 g/mol. The number of halogens is 1. The Morgan fingerprint density at radius 2 is 1.73 bits per heavy atom. The van der Waals surface area contributed by atoms with Gasteiger partial charge >= 0.3 is 6.03 Å². The molecule has 2 N–H and O–H groups in total. The van der Waals surface area contributed by atoms with Crippen molar-refractivity contribution < 1.29 is 9.59 Å². The molecule has 0 saturated heterocycles. The predicted octanol–water partition coefficient (Wildman–Crippen LogP) is 1.87. The average Bonchev–Trinajstić information content (AvgIpc) is 2.00. The van der Waals surface area contributed by atoms with Crippen molar-refractivity contribution in [2.45, 2.75) is 45.5 Å². The third-order valence-electron chi connectivity index (χ3n) is 1.80. The molecule has 0 aliphatic heterocycles. The van der Waals surface area contributed by atoms with Crippen LogP contribution in [0.1, 0.15) is 34.1 Å². The second kappa shape index (κ2) is 6.67. The van der Waals surface area contributed by atoms with E-state index in [4.69, 9.17) is 11.6 Å². The first-order chi connectivity index (χ1) is 6.82. The Kier molecular flexibility index (Phi) is 6.32. The largest absolute Gasteiger partial charge is 0.335 e. The molecule has 0 aromatic heterocycles. The molecule has 5 heteroatoms. The molecule has 88 valence electrons. The molecular formula is C10H19ClN2O2. The Hall–Kier alpha value is -0.770. The van der Waals surface area contributed by atoms with Crippen molar-refractivity contribution in [1.82, 2.24) is 10.6 Å². The van der Waals surface area contributed by atoms with Crippen LogP contribution in [-0.4, -0.2) is 23.4 Å². The Morgan fingerprint density at radius 3 is 2.13 bits per heavy atom. The number of carbonyl (C=O) groups is 2. The summed E-state index contributed by atoms with van der Waals surface area (Å²) in [6.07, 6.45) is 0.873. The highest BCUT2D eigenvalue weighted by atomic mass is 35.5. The summed E-state index contributed by atoms with van der Waals surface area (Å²) in [7, 11) is 0. The van der Waals surface area contributed by atoms with Crippen LogP contribution in [0, 0.1) is 5.92 Å². The van der Waals surface area contributed by atoms with Gasteiger partial charge in [0.2, 0.25) is 5.91 Å². The maximum absolute atomic E-state index is 11.2. The number of urea groups is 1. The molecule has 15 heavy (non-hydrogen) atoms. The third-order valence-corrected chi connectivity index (χ3v) is 2.00. The second-order valence-corrected chi connectivity index (χ2v) is 4.76. The van der Waals surface area contributed by atoms with Crippen molar-refractivity contribution in [3.8, 4) is 0 Å². The quantitative estimate of drug-likeness (QED) is 0.730. The van der Waals surface area contributed by atoms with Gasteiger partial charge in [-0.2, -0.15) is 0 Å². The van der Waals surface area contributed by atoms with E-state index in [9.17, 15) is 9.59 Å². The van der Waals surface area contributed by atoms with Gasteiger partial charge in [-0.05, 0) is 26.2 Å². The number of hydrogen-bond donors (Lipinski definition) is 2. The van der Waals surface area contributed by atoms with E-state index in [1.54, 1.807) is 0 Å². The first-order valence-corrected chi connectivity index (χ1v) is 5.52. The first-order valence-electron chi connectivity index (χ1n) is 5.08. The van der Waals surface area contributed by atoms with Crippen molar-refractivity contribution in [2.24, 2.45) is 5.92 Å². The molecule has 0 aromatic carbocycles. The van der Waals surface area contributed by atoms with Gasteiger partial charge in [-0.15, -0.1) is 11.6 Å². The van der Waals surface area contributed by atoms with Crippen molar-refractivity contribution in [2.75, 3.05) is 0 Å². The highest BCUT2D eigenvalue weighted by Gasteiger charge is 2.14. The molecule has 2 atom stereocenters. The highest BCUT2D eigenvalue weighted by molar-refractivity contribution is 6.31. The molecule has 0 heterocycles. The van der Waals surface area contributed by atoms with Crippen LogP contribution in [0.25, 0.3) is 0 Å². The SMILES string of the molecule is CC(C)CC(C)NC(=O)NC(=O)C(C)Cl. The zero-order valence-electron chi connectivity index (χ0n) is 9.63. The molecule has 0 spiro atoms. The van der Waals surface area contributed by atoms with Crippen LogP contribution in [0.5, 0.6) is 0 Å². The summed E-state index contributed by atoms with van der Waals surface area (Å²) in [5, 5.41) is 4.13. The molecule has 0 aromatic rings. The van der Waals surface area contributed by atoms with Crippen LogP contribution in [0.2, 0.25) is 0 Å². The van der Waals surface area contributed by atoms with Crippen molar-refractivity contribution >= 4 is 23.5 Å². The van der Waals surface area contributed by atoms with Gasteiger partial charge in [0.05, 0.1) is 0 Å². The van der Waals surface area contributed by atoms with Gasteiger partial charge in [-0.1, -0.05) is 13.8 Å². The highest BCUT2D eigenvalue weighted by Crippen LogP contribution is 2.03. The van der Waals surface area contributed by atoms with E-state index in [2.05, 4.69) is 24.5 Å². The van der Waals surface area contributed by atoms with Gasteiger partial charge in [0.15, 0.2) is 0 Å². The predicted molar refractivity (Wildman–Crippen MR) is 60.9 cm³/mol. The number of rotatable bonds is 4. The summed E-state index contributed by atoms with van der Waals surface area (Å²) in [5.74, 6) is 0.0221. The van der Waals surface area contributed by atoms with Crippen LogP contribution in [-0.2, 0) is 4.79 Å². The lowest BCUT2D eigenvalue weighted by Crippen LogP contribution is -2.45. The van der Waals surface area contributed by atoms with E-state index in [-0.39, 0.29) is 6.04 Å². The van der Waals surface area contributed by atoms with E-state index in [0.717, 1.165) is 6.42 Å². The number of nitrogens with one attached hydrogen (secondary N) is 2. The van der Waals surface area contributed by atoms with Crippen LogP contribution < -0.4 is 10.6 Å². The van der Waals surface area contributed by atoms with E-state index in [0.29, 0.717) is 5.92 Å². The fraction of sp³-hybridized carbons (Fsp3) is 0.800. The van der Waals surface area contributed by atoms with E-state index >= 15 is 0 Å². The maximum atomic E-state index is 11.2. The second-order valence-electron chi connectivity index (χ2n) is 4.11. The Balaban J connectivity index is 3.88. The molecule has 0 fully saturated rings. The molecule has 0 saturated carbocycles. The standard InChI is InChI=1S/C10H19ClN2O2/c1-6(2)5-7(3)12-10(15)13-9(14)8(4)11/h6-8H,5H2,1-4H3,(H2,12,13,14,15). The maximum Gasteiger partial charge on any atom is 0.321 e. The van der Waals surface area contributed by atoms with Crippen LogP contribution >= 0.6 is 11.6 Å². The Morgan fingerprint density at radius 1 is 1.20 bits per heavy atom. The number of imide groups is 1. The normalized spacial score (nSPS) is 14.5. The zero-order chi connectivity index (χ0) is 12.0. The smallest absolute Gasteiger partial charge is 0.321 e. The van der Waals surface area contributed by atoms with Gasteiger partial charge in [0.25, 0.3) is 0 Å². The Bertz CT molecular complexity index is 229. The lowest BCUT2D eigenvalue weighted by atomic mass is 10.1. The number of carbonyl (C=O) groups excluding carboxylic acids is 2. The van der Waals surface area contributed by atoms with Crippen LogP contribution in [0.3, 0.4) is 0 Å². The number of hydrogen-bond acceptors (Lipinski definition) is 2. The molecular weight excluding hydrogens is 216 g/mol. The van der Waals surface area contributed by atoms with Gasteiger partial charge < -0.3 is 5.32 Å². The first kappa shape index (κ1) is 14.2. The molecule has 3 amide bonds. The number of amides is 3. The average molecular weight is 235 g/mol. The summed E-state index contributed by atoms with van der Waals surface area (Å²) in [6, 6.07) is -0.441. The summed E-state index contributed by atoms with van der Waals surface area (Å²) in [4.78, 5) is 22.3. The van der Waals surface area contributed by atoms with E-state index in [1.165, 1.54) is 6.92 Å². The number of alkyl halides is 1. The minimum atomic E-state index is -0.698. The molecule has 0 rings (SSSR count).